The fraction of sp³-hybridized carbons (Fsp3) is 0.538. The van der Waals surface area contributed by atoms with Crippen LogP contribution in [0.2, 0.25) is 5.02 Å². The first-order valence-electron chi connectivity index (χ1n) is 6.37. The number of sulfonamides is 1. The Labute approximate surface area is 130 Å². The molecule has 7 heteroatoms. The Morgan fingerprint density at radius 1 is 1.35 bits per heavy atom. The van der Waals surface area contributed by atoms with E-state index in [1.807, 2.05) is 20.1 Å². The fourth-order valence-electron chi connectivity index (χ4n) is 1.51. The third-order valence-electron chi connectivity index (χ3n) is 2.63. The number of nitrogens with one attached hydrogen (secondary N) is 2. The largest absolute Gasteiger partial charge is 0.310 e. The summed E-state index contributed by atoms with van der Waals surface area (Å²) in [5, 5.41) is 3.71. The molecule has 0 aliphatic carbocycles. The molecule has 0 saturated carbocycles. The summed E-state index contributed by atoms with van der Waals surface area (Å²) in [7, 11) is -3.47. The van der Waals surface area contributed by atoms with Gasteiger partial charge >= 0.3 is 0 Å². The van der Waals surface area contributed by atoms with Gasteiger partial charge in [-0.15, -0.1) is 0 Å². The molecule has 0 saturated heterocycles. The van der Waals surface area contributed by atoms with Gasteiger partial charge in [0.15, 0.2) is 0 Å². The summed E-state index contributed by atoms with van der Waals surface area (Å²) < 4.78 is 26.6. The predicted molar refractivity (Wildman–Crippen MR) is 87.0 cm³/mol. The number of hydrogen-bond donors (Lipinski definition) is 2. The van der Waals surface area contributed by atoms with E-state index in [-0.39, 0.29) is 4.90 Å². The van der Waals surface area contributed by atoms with Gasteiger partial charge < -0.3 is 5.32 Å². The average molecular weight is 337 g/mol. The van der Waals surface area contributed by atoms with E-state index >= 15 is 0 Å². The molecular formula is C13H21ClN2O2S2. The summed E-state index contributed by atoms with van der Waals surface area (Å²) in [6.07, 6.45) is 1.93. The summed E-state index contributed by atoms with van der Waals surface area (Å²) in [5.74, 6) is 0.739. The number of hydrogen-bond acceptors (Lipinski definition) is 4. The molecule has 20 heavy (non-hydrogen) atoms. The van der Waals surface area contributed by atoms with E-state index in [0.29, 0.717) is 24.2 Å². The van der Waals surface area contributed by atoms with Crippen LogP contribution in [0.1, 0.15) is 19.4 Å². The highest BCUT2D eigenvalue weighted by atomic mass is 35.5. The normalized spacial score (nSPS) is 12.1. The summed E-state index contributed by atoms with van der Waals surface area (Å²) in [4.78, 5) is 0.205. The van der Waals surface area contributed by atoms with Crippen LogP contribution in [0.25, 0.3) is 0 Å². The average Bonchev–Trinajstić information content (AvgIpc) is 2.37. The molecule has 0 radical (unpaired) electrons. The van der Waals surface area contributed by atoms with Gasteiger partial charge in [-0.05, 0) is 24.0 Å². The lowest BCUT2D eigenvalue weighted by atomic mass is 10.2. The zero-order valence-electron chi connectivity index (χ0n) is 11.9. The molecular weight excluding hydrogens is 316 g/mol. The Hall–Kier alpha value is -0.270. The topological polar surface area (TPSA) is 58.2 Å². The Kier molecular flexibility index (Phi) is 7.33. The molecule has 0 amide bonds. The number of rotatable bonds is 8. The van der Waals surface area contributed by atoms with Crippen molar-refractivity contribution in [3.63, 3.8) is 0 Å². The number of benzene rings is 1. The Balaban J connectivity index is 2.80. The molecule has 0 spiro atoms. The Bertz CT molecular complexity index is 533. The highest BCUT2D eigenvalue weighted by molar-refractivity contribution is 7.98. The van der Waals surface area contributed by atoms with Gasteiger partial charge in [0.2, 0.25) is 10.0 Å². The van der Waals surface area contributed by atoms with Crippen LogP contribution in [0.15, 0.2) is 23.1 Å². The SMILES string of the molecule is CSCCNS(=O)(=O)c1ccc(CNC(C)C)c(Cl)c1. The van der Waals surface area contributed by atoms with Gasteiger partial charge in [0.25, 0.3) is 0 Å². The summed E-state index contributed by atoms with van der Waals surface area (Å²) >= 11 is 7.73. The third kappa shape index (κ3) is 5.61. The van der Waals surface area contributed by atoms with E-state index in [2.05, 4.69) is 10.0 Å². The van der Waals surface area contributed by atoms with Crippen molar-refractivity contribution in [2.24, 2.45) is 0 Å². The molecule has 0 aromatic heterocycles. The number of halogens is 1. The van der Waals surface area contributed by atoms with Gasteiger partial charge in [-0.3, -0.25) is 0 Å². The maximum absolute atomic E-state index is 12.0. The second-order valence-corrected chi connectivity index (χ2v) is 7.84. The van der Waals surface area contributed by atoms with Crippen LogP contribution in [0.3, 0.4) is 0 Å². The molecule has 1 aromatic carbocycles. The van der Waals surface area contributed by atoms with Crippen molar-refractivity contribution in [2.75, 3.05) is 18.6 Å². The van der Waals surface area contributed by atoms with Crippen LogP contribution in [-0.2, 0) is 16.6 Å². The van der Waals surface area contributed by atoms with Crippen molar-refractivity contribution in [3.8, 4) is 0 Å². The maximum atomic E-state index is 12.0. The smallest absolute Gasteiger partial charge is 0.240 e. The van der Waals surface area contributed by atoms with Gasteiger partial charge in [-0.2, -0.15) is 11.8 Å². The van der Waals surface area contributed by atoms with Crippen molar-refractivity contribution in [2.45, 2.75) is 31.3 Å². The molecule has 0 fully saturated rings. The van der Waals surface area contributed by atoms with Gasteiger partial charge in [-0.1, -0.05) is 31.5 Å². The molecule has 0 aliphatic heterocycles. The Morgan fingerprint density at radius 2 is 2.05 bits per heavy atom. The third-order valence-corrected chi connectivity index (χ3v) is 5.06. The lowest BCUT2D eigenvalue weighted by Crippen LogP contribution is -2.26. The summed E-state index contributed by atoms with van der Waals surface area (Å²) in [5.41, 5.74) is 0.892. The van der Waals surface area contributed by atoms with Crippen LogP contribution in [0, 0.1) is 0 Å². The highest BCUT2D eigenvalue weighted by Crippen LogP contribution is 2.21. The van der Waals surface area contributed by atoms with Crippen LogP contribution in [0.4, 0.5) is 0 Å². The van der Waals surface area contributed by atoms with Crippen molar-refractivity contribution in [1.82, 2.24) is 10.0 Å². The molecule has 0 atom stereocenters. The van der Waals surface area contributed by atoms with Crippen molar-refractivity contribution in [1.29, 1.82) is 0 Å². The maximum Gasteiger partial charge on any atom is 0.240 e. The zero-order chi connectivity index (χ0) is 15.2. The van der Waals surface area contributed by atoms with Gasteiger partial charge in [0, 0.05) is 29.9 Å². The fourth-order valence-corrected chi connectivity index (χ4v) is 3.32. The van der Waals surface area contributed by atoms with Crippen molar-refractivity contribution < 1.29 is 8.42 Å². The van der Waals surface area contributed by atoms with E-state index in [9.17, 15) is 8.42 Å². The second kappa shape index (κ2) is 8.24. The summed E-state index contributed by atoms with van der Waals surface area (Å²) in [6.45, 7) is 5.12. The molecule has 1 rings (SSSR count). The molecule has 4 nitrogen and oxygen atoms in total. The quantitative estimate of drug-likeness (QED) is 0.716. The number of thioether (sulfide) groups is 1. The van der Waals surface area contributed by atoms with E-state index in [1.165, 1.54) is 6.07 Å². The molecule has 0 unspecified atom stereocenters. The van der Waals surface area contributed by atoms with E-state index in [0.717, 1.165) is 11.3 Å². The van der Waals surface area contributed by atoms with Crippen LogP contribution < -0.4 is 10.0 Å². The summed E-state index contributed by atoms with van der Waals surface area (Å²) in [6, 6.07) is 5.19. The minimum Gasteiger partial charge on any atom is -0.310 e. The molecule has 0 heterocycles. The Morgan fingerprint density at radius 3 is 2.60 bits per heavy atom. The lowest BCUT2D eigenvalue weighted by Gasteiger charge is -2.11. The van der Waals surface area contributed by atoms with Gasteiger partial charge in [-0.25, -0.2) is 13.1 Å². The van der Waals surface area contributed by atoms with Crippen LogP contribution in [0.5, 0.6) is 0 Å². The van der Waals surface area contributed by atoms with Crippen LogP contribution in [-0.4, -0.2) is 33.0 Å². The minimum atomic E-state index is -3.47. The van der Waals surface area contributed by atoms with Gasteiger partial charge in [0.05, 0.1) is 4.90 Å². The first-order valence-corrected chi connectivity index (χ1v) is 9.62. The zero-order valence-corrected chi connectivity index (χ0v) is 14.3. The van der Waals surface area contributed by atoms with E-state index in [1.54, 1.807) is 23.9 Å². The van der Waals surface area contributed by atoms with Crippen molar-refractivity contribution in [3.05, 3.63) is 28.8 Å². The second-order valence-electron chi connectivity index (χ2n) is 4.68. The lowest BCUT2D eigenvalue weighted by molar-refractivity contribution is 0.582. The van der Waals surface area contributed by atoms with Gasteiger partial charge in [0.1, 0.15) is 0 Å². The monoisotopic (exact) mass is 336 g/mol. The standard InChI is InChI=1S/C13H21ClN2O2S2/c1-10(2)15-9-11-4-5-12(8-13(11)14)20(17,18)16-6-7-19-3/h4-5,8,10,15-16H,6-7,9H2,1-3H3. The molecule has 2 N–H and O–H groups in total. The molecule has 114 valence electrons. The minimum absolute atomic E-state index is 0.205. The molecule has 1 aromatic rings. The molecule has 0 bridgehead atoms. The van der Waals surface area contributed by atoms with Crippen molar-refractivity contribution >= 4 is 33.4 Å². The van der Waals surface area contributed by atoms with E-state index in [4.69, 9.17) is 11.6 Å². The first-order chi connectivity index (χ1) is 9.36. The predicted octanol–water partition coefficient (Wildman–Crippen LogP) is 2.48. The highest BCUT2D eigenvalue weighted by Gasteiger charge is 2.15. The first kappa shape index (κ1) is 17.8. The van der Waals surface area contributed by atoms with E-state index < -0.39 is 10.0 Å². The molecule has 0 aliphatic rings. The van der Waals surface area contributed by atoms with Crippen LogP contribution >= 0.6 is 23.4 Å².